The summed E-state index contributed by atoms with van der Waals surface area (Å²) < 4.78 is 6.15. The summed E-state index contributed by atoms with van der Waals surface area (Å²) in [6.07, 6.45) is 1.39. The van der Waals surface area contributed by atoms with Crippen molar-refractivity contribution < 1.29 is 9.53 Å². The summed E-state index contributed by atoms with van der Waals surface area (Å²) in [4.78, 5) is 18.2. The van der Waals surface area contributed by atoms with Crippen LogP contribution in [-0.4, -0.2) is 42.9 Å². The standard InChI is InChI=1S/C23H30N4O2/c1-4-24-23(26-19-13-14-22(28)27(3)16-19)25-15-18-10-6-8-12-21(18)29-20-11-7-5-9-17(20)2/h5-12,19H,4,13-16H2,1-3H3,(H2,24,25,26). The zero-order valence-electron chi connectivity index (χ0n) is 17.4. The summed E-state index contributed by atoms with van der Waals surface area (Å²) in [5.74, 6) is 2.62. The van der Waals surface area contributed by atoms with Gasteiger partial charge in [-0.2, -0.15) is 0 Å². The smallest absolute Gasteiger partial charge is 0.222 e. The Morgan fingerprint density at radius 2 is 1.90 bits per heavy atom. The molecule has 2 aromatic rings. The van der Waals surface area contributed by atoms with E-state index < -0.39 is 0 Å². The number of carbonyl (C=O) groups excluding carboxylic acids is 1. The van der Waals surface area contributed by atoms with Gasteiger partial charge in [0.25, 0.3) is 0 Å². The van der Waals surface area contributed by atoms with Crippen molar-refractivity contribution in [2.75, 3.05) is 20.1 Å². The van der Waals surface area contributed by atoms with Gasteiger partial charge >= 0.3 is 0 Å². The largest absolute Gasteiger partial charge is 0.457 e. The van der Waals surface area contributed by atoms with Gasteiger partial charge in [0.1, 0.15) is 11.5 Å². The zero-order valence-corrected chi connectivity index (χ0v) is 17.4. The molecule has 1 aliphatic rings. The van der Waals surface area contributed by atoms with Gasteiger partial charge < -0.3 is 20.3 Å². The second kappa shape index (κ2) is 9.96. The molecular weight excluding hydrogens is 364 g/mol. The Balaban J connectivity index is 1.71. The molecule has 3 rings (SSSR count). The maximum absolute atomic E-state index is 11.7. The zero-order chi connectivity index (χ0) is 20.6. The Labute approximate surface area is 173 Å². The number of nitrogens with zero attached hydrogens (tertiary/aromatic N) is 2. The molecule has 0 aliphatic carbocycles. The Morgan fingerprint density at radius 3 is 2.62 bits per heavy atom. The number of piperidine rings is 1. The van der Waals surface area contributed by atoms with Gasteiger partial charge in [0.15, 0.2) is 5.96 Å². The third-order valence-electron chi connectivity index (χ3n) is 5.01. The quantitative estimate of drug-likeness (QED) is 0.582. The Hall–Kier alpha value is -3.02. The Morgan fingerprint density at radius 1 is 1.17 bits per heavy atom. The monoisotopic (exact) mass is 394 g/mol. The molecule has 0 aromatic heterocycles. The first-order chi connectivity index (χ1) is 14.1. The minimum absolute atomic E-state index is 0.201. The van der Waals surface area contributed by atoms with E-state index in [1.54, 1.807) is 4.90 Å². The average Bonchev–Trinajstić information content (AvgIpc) is 2.72. The van der Waals surface area contributed by atoms with E-state index in [4.69, 9.17) is 9.73 Å². The molecule has 29 heavy (non-hydrogen) atoms. The van der Waals surface area contributed by atoms with E-state index in [1.807, 2.05) is 69.4 Å². The minimum Gasteiger partial charge on any atom is -0.457 e. The molecule has 0 radical (unpaired) electrons. The first kappa shape index (κ1) is 20.7. The van der Waals surface area contributed by atoms with Crippen molar-refractivity contribution in [2.45, 2.75) is 39.3 Å². The molecule has 1 fully saturated rings. The van der Waals surface area contributed by atoms with Crippen molar-refractivity contribution in [1.29, 1.82) is 0 Å². The first-order valence-electron chi connectivity index (χ1n) is 10.2. The lowest BCUT2D eigenvalue weighted by molar-refractivity contribution is -0.132. The van der Waals surface area contributed by atoms with Gasteiger partial charge in [-0.1, -0.05) is 36.4 Å². The molecule has 1 heterocycles. The fourth-order valence-corrected chi connectivity index (χ4v) is 3.33. The van der Waals surface area contributed by atoms with Gasteiger partial charge in [0.2, 0.25) is 5.91 Å². The highest BCUT2D eigenvalue weighted by molar-refractivity contribution is 5.81. The predicted octanol–water partition coefficient (Wildman–Crippen LogP) is 3.46. The topological polar surface area (TPSA) is 66.0 Å². The van der Waals surface area contributed by atoms with E-state index in [2.05, 4.69) is 10.6 Å². The maximum Gasteiger partial charge on any atom is 0.222 e. The molecule has 1 aliphatic heterocycles. The van der Waals surface area contributed by atoms with Crippen LogP contribution in [0, 0.1) is 6.92 Å². The number of aryl methyl sites for hydroxylation is 1. The lowest BCUT2D eigenvalue weighted by atomic mass is 10.1. The fraction of sp³-hybridized carbons (Fsp3) is 0.391. The summed E-state index contributed by atoms with van der Waals surface area (Å²) in [6.45, 7) is 6.04. The summed E-state index contributed by atoms with van der Waals surface area (Å²) in [5, 5.41) is 6.76. The van der Waals surface area contributed by atoms with Gasteiger partial charge in [-0.05, 0) is 38.0 Å². The van der Waals surface area contributed by atoms with Crippen molar-refractivity contribution in [2.24, 2.45) is 4.99 Å². The number of hydrogen-bond acceptors (Lipinski definition) is 3. The van der Waals surface area contributed by atoms with Crippen molar-refractivity contribution in [3.8, 4) is 11.5 Å². The van der Waals surface area contributed by atoms with Gasteiger partial charge in [0.05, 0.1) is 6.54 Å². The number of guanidine groups is 1. The molecule has 1 saturated heterocycles. The summed E-state index contributed by atoms with van der Waals surface area (Å²) in [6, 6.07) is 16.2. The number of hydrogen-bond donors (Lipinski definition) is 2. The van der Waals surface area contributed by atoms with Crippen LogP contribution >= 0.6 is 0 Å². The van der Waals surface area contributed by atoms with Crippen LogP contribution in [0.5, 0.6) is 11.5 Å². The number of carbonyl (C=O) groups is 1. The number of likely N-dealkylation sites (tertiary alicyclic amines) is 1. The van der Waals surface area contributed by atoms with E-state index in [1.165, 1.54) is 0 Å². The number of ether oxygens (including phenoxy) is 1. The highest BCUT2D eigenvalue weighted by Gasteiger charge is 2.23. The second-order valence-corrected chi connectivity index (χ2v) is 7.32. The average molecular weight is 395 g/mol. The van der Waals surface area contributed by atoms with Crippen LogP contribution in [0.2, 0.25) is 0 Å². The molecule has 0 spiro atoms. The lowest BCUT2D eigenvalue weighted by Crippen LogP contribution is -2.51. The third kappa shape index (κ3) is 5.73. The molecule has 0 bridgehead atoms. The van der Waals surface area contributed by atoms with Crippen LogP contribution in [0.1, 0.15) is 30.9 Å². The van der Waals surface area contributed by atoms with Gasteiger partial charge in [-0.15, -0.1) is 0 Å². The highest BCUT2D eigenvalue weighted by Crippen LogP contribution is 2.28. The van der Waals surface area contributed by atoms with Crippen molar-refractivity contribution in [1.82, 2.24) is 15.5 Å². The first-order valence-corrected chi connectivity index (χ1v) is 10.2. The normalized spacial score (nSPS) is 17.2. The van der Waals surface area contributed by atoms with Gasteiger partial charge in [0, 0.05) is 38.2 Å². The summed E-state index contributed by atoms with van der Waals surface area (Å²) in [7, 11) is 1.85. The number of aliphatic imine (C=N–C) groups is 1. The van der Waals surface area contributed by atoms with E-state index in [9.17, 15) is 4.79 Å². The molecular formula is C23H30N4O2. The number of rotatable bonds is 6. The number of nitrogens with one attached hydrogen (secondary N) is 2. The predicted molar refractivity (Wildman–Crippen MR) is 116 cm³/mol. The summed E-state index contributed by atoms with van der Waals surface area (Å²) in [5.41, 5.74) is 2.11. The SMILES string of the molecule is CCNC(=NCc1ccccc1Oc1ccccc1C)NC1CCC(=O)N(C)C1. The van der Waals surface area contributed by atoms with Gasteiger partial charge in [-0.25, -0.2) is 4.99 Å². The molecule has 1 unspecified atom stereocenters. The van der Waals surface area contributed by atoms with Crippen molar-refractivity contribution in [3.63, 3.8) is 0 Å². The van der Waals surface area contributed by atoms with Crippen molar-refractivity contribution >= 4 is 11.9 Å². The van der Waals surface area contributed by atoms with Crippen LogP contribution in [0.4, 0.5) is 0 Å². The molecule has 1 atom stereocenters. The number of para-hydroxylation sites is 2. The lowest BCUT2D eigenvalue weighted by Gasteiger charge is -2.31. The molecule has 6 heteroatoms. The second-order valence-electron chi connectivity index (χ2n) is 7.32. The fourth-order valence-electron chi connectivity index (χ4n) is 3.33. The van der Waals surface area contributed by atoms with E-state index in [-0.39, 0.29) is 11.9 Å². The van der Waals surface area contributed by atoms with E-state index in [0.29, 0.717) is 19.5 Å². The van der Waals surface area contributed by atoms with E-state index in [0.717, 1.165) is 41.6 Å². The molecule has 6 nitrogen and oxygen atoms in total. The Bertz CT molecular complexity index is 865. The third-order valence-corrected chi connectivity index (χ3v) is 5.01. The molecule has 2 aromatic carbocycles. The van der Waals surface area contributed by atoms with Crippen LogP contribution < -0.4 is 15.4 Å². The van der Waals surface area contributed by atoms with E-state index >= 15 is 0 Å². The van der Waals surface area contributed by atoms with Crippen molar-refractivity contribution in [3.05, 3.63) is 59.7 Å². The van der Waals surface area contributed by atoms with Crippen LogP contribution in [0.3, 0.4) is 0 Å². The Kier molecular flexibility index (Phi) is 7.11. The minimum atomic E-state index is 0.201. The molecule has 0 saturated carbocycles. The maximum atomic E-state index is 11.7. The molecule has 2 N–H and O–H groups in total. The summed E-state index contributed by atoms with van der Waals surface area (Å²) >= 11 is 0. The van der Waals surface area contributed by atoms with Crippen LogP contribution in [-0.2, 0) is 11.3 Å². The molecule has 1 amide bonds. The highest BCUT2D eigenvalue weighted by atomic mass is 16.5. The van der Waals surface area contributed by atoms with Gasteiger partial charge in [-0.3, -0.25) is 4.79 Å². The van der Waals surface area contributed by atoms with Crippen LogP contribution in [0.15, 0.2) is 53.5 Å². The molecule has 154 valence electrons. The van der Waals surface area contributed by atoms with Crippen LogP contribution in [0.25, 0.3) is 0 Å². The number of benzene rings is 2. The number of likely N-dealkylation sites (N-methyl/N-ethyl adjacent to an activating group) is 1. The number of amides is 1.